The predicted octanol–water partition coefficient (Wildman–Crippen LogP) is -9.07. The van der Waals surface area contributed by atoms with Crippen LogP contribution in [0.1, 0.15) is 0 Å². The minimum absolute atomic E-state index is 0.382. The van der Waals surface area contributed by atoms with Crippen molar-refractivity contribution in [2.24, 2.45) is 0 Å². The van der Waals surface area contributed by atoms with Crippen LogP contribution in [0.3, 0.4) is 0 Å². The molecule has 13 N–H and O–H groups in total. The van der Waals surface area contributed by atoms with Gasteiger partial charge in [-0.25, -0.2) is 0 Å². The smallest absolute Gasteiger partial charge is 0.187 e. The zero-order valence-corrected chi connectivity index (χ0v) is 23.2. The number of aliphatic hydroxyl groups excluding tert-OH is 13. The average molecular weight is 651 g/mol. The fourth-order valence-electron chi connectivity index (χ4n) is 5.38. The van der Waals surface area contributed by atoms with Gasteiger partial charge in [-0.15, -0.1) is 0 Å². The second kappa shape index (κ2) is 15.4. The number of hydrogen-bond donors (Lipinski definition) is 13. The normalized spacial score (nSPS) is 52.2. The first-order valence-electron chi connectivity index (χ1n) is 14.0. The van der Waals surface area contributed by atoms with Crippen LogP contribution in [-0.4, -0.2) is 216 Å². The lowest BCUT2D eigenvalue weighted by Crippen LogP contribution is -2.66. The second-order valence-corrected chi connectivity index (χ2v) is 11.1. The molecular weight excluding hydrogens is 608 g/mol. The van der Waals surface area contributed by atoms with Crippen molar-refractivity contribution in [3.05, 3.63) is 0 Å². The molecule has 0 saturated carbocycles. The fourth-order valence-corrected chi connectivity index (χ4v) is 5.38. The van der Waals surface area contributed by atoms with E-state index in [0.29, 0.717) is 0 Å². The van der Waals surface area contributed by atoms with E-state index in [1.165, 1.54) is 0 Å². The summed E-state index contributed by atoms with van der Waals surface area (Å²) in [6, 6.07) is 0. The van der Waals surface area contributed by atoms with E-state index in [1.807, 2.05) is 0 Å². The molecule has 4 saturated heterocycles. The largest absolute Gasteiger partial charge is 0.394 e. The average Bonchev–Trinajstić information content (AvgIpc) is 3.01. The molecule has 0 aliphatic carbocycles. The number of aliphatic hydroxyl groups is 13. The summed E-state index contributed by atoms with van der Waals surface area (Å²) in [5.74, 6) is 0. The zero-order valence-electron chi connectivity index (χ0n) is 23.2. The van der Waals surface area contributed by atoms with E-state index in [1.54, 1.807) is 0 Å². The minimum Gasteiger partial charge on any atom is -0.394 e. The fraction of sp³-hybridized carbons (Fsp3) is 1.00. The summed E-state index contributed by atoms with van der Waals surface area (Å²) in [4.78, 5) is 0. The first-order valence-corrected chi connectivity index (χ1v) is 14.0. The molecule has 0 aromatic carbocycles. The molecule has 0 bridgehead atoms. The molecule has 4 aliphatic heterocycles. The topological polar surface area (TPSA) is 328 Å². The molecule has 0 spiro atoms. The Hall–Kier alpha value is -0.800. The third kappa shape index (κ3) is 7.35. The van der Waals surface area contributed by atoms with Crippen molar-refractivity contribution in [2.45, 2.75) is 117 Å². The number of rotatable bonds is 10. The summed E-state index contributed by atoms with van der Waals surface area (Å²) in [7, 11) is 0. The summed E-state index contributed by atoms with van der Waals surface area (Å²) >= 11 is 0. The molecule has 20 nitrogen and oxygen atoms in total. The van der Waals surface area contributed by atoms with Gasteiger partial charge in [-0.2, -0.15) is 0 Å². The van der Waals surface area contributed by atoms with E-state index in [2.05, 4.69) is 0 Å². The van der Waals surface area contributed by atoms with Gasteiger partial charge in [0.1, 0.15) is 97.7 Å². The summed E-state index contributed by atoms with van der Waals surface area (Å²) in [5.41, 5.74) is 0. The molecule has 4 heterocycles. The predicted molar refractivity (Wildman–Crippen MR) is 133 cm³/mol. The highest BCUT2D eigenvalue weighted by atomic mass is 16.8. The maximum atomic E-state index is 11.1. The van der Waals surface area contributed by atoms with Gasteiger partial charge in [-0.3, -0.25) is 0 Å². The van der Waals surface area contributed by atoms with Crippen LogP contribution >= 0.6 is 0 Å². The Balaban J connectivity index is 1.55. The first kappa shape index (κ1) is 36.0. The molecule has 0 radical (unpaired) electrons. The van der Waals surface area contributed by atoms with Crippen molar-refractivity contribution in [2.75, 3.05) is 33.0 Å². The van der Waals surface area contributed by atoms with Crippen molar-refractivity contribution < 1.29 is 99.5 Å². The molecule has 258 valence electrons. The Morgan fingerprint density at radius 2 is 0.909 bits per heavy atom. The molecule has 44 heavy (non-hydrogen) atoms. The molecule has 0 amide bonds. The maximum Gasteiger partial charge on any atom is 0.187 e. The summed E-state index contributed by atoms with van der Waals surface area (Å²) < 4.78 is 38.1. The molecule has 4 fully saturated rings. The van der Waals surface area contributed by atoms with E-state index in [-0.39, 0.29) is 6.61 Å². The van der Waals surface area contributed by atoms with Gasteiger partial charge in [0, 0.05) is 0 Å². The summed E-state index contributed by atoms with van der Waals surface area (Å²) in [6.07, 6.45) is -32.0. The van der Waals surface area contributed by atoms with Crippen molar-refractivity contribution in [3.8, 4) is 0 Å². The quantitative estimate of drug-likeness (QED) is 0.104. The molecule has 0 aromatic rings. The Morgan fingerprint density at radius 1 is 0.455 bits per heavy atom. The maximum absolute atomic E-state index is 11.1. The van der Waals surface area contributed by atoms with Crippen LogP contribution < -0.4 is 0 Å². The Bertz CT molecular complexity index is 883. The Morgan fingerprint density at radius 3 is 1.48 bits per heavy atom. The van der Waals surface area contributed by atoms with Gasteiger partial charge >= 0.3 is 0 Å². The number of ether oxygens (including phenoxy) is 7. The Kier molecular flexibility index (Phi) is 12.6. The van der Waals surface area contributed by atoms with E-state index in [4.69, 9.17) is 33.2 Å². The monoisotopic (exact) mass is 650 g/mol. The third-order valence-electron chi connectivity index (χ3n) is 8.10. The van der Waals surface area contributed by atoms with E-state index < -0.39 is 143 Å². The van der Waals surface area contributed by atoms with Gasteiger partial charge in [0.2, 0.25) is 0 Å². The van der Waals surface area contributed by atoms with Crippen molar-refractivity contribution in [1.82, 2.24) is 0 Å². The zero-order chi connectivity index (χ0) is 32.5. The highest BCUT2D eigenvalue weighted by molar-refractivity contribution is 4.96. The van der Waals surface area contributed by atoms with E-state index in [9.17, 15) is 66.4 Å². The van der Waals surface area contributed by atoms with Crippen molar-refractivity contribution >= 4 is 0 Å². The molecular formula is C24H42O20. The molecule has 0 unspecified atom stereocenters. The van der Waals surface area contributed by atoms with E-state index >= 15 is 0 Å². The third-order valence-corrected chi connectivity index (χ3v) is 8.10. The van der Waals surface area contributed by atoms with Crippen LogP contribution in [0.5, 0.6) is 0 Å². The number of hydrogen-bond acceptors (Lipinski definition) is 20. The van der Waals surface area contributed by atoms with Gasteiger partial charge < -0.3 is 99.5 Å². The van der Waals surface area contributed by atoms with Gasteiger partial charge in [0.05, 0.1) is 33.0 Å². The highest BCUT2D eigenvalue weighted by Crippen LogP contribution is 2.32. The van der Waals surface area contributed by atoms with Gasteiger partial charge in [-0.1, -0.05) is 0 Å². The highest BCUT2D eigenvalue weighted by Gasteiger charge is 2.53. The van der Waals surface area contributed by atoms with Crippen molar-refractivity contribution in [1.29, 1.82) is 0 Å². The Labute approximate surface area is 249 Å². The SMILES string of the molecule is OC[C@H]1O[C@@H](O[C@@H]2[C@@H](O)[C@H](O[C@H]3[C@H](O)[C@@H](CO)OC[C@@H]3O)O[C@H](CO[C@H]3O[C@H](CO)[C@@H](O)[C@H](O)[C@H]3O)[C@H]2O)[C@H](O)[C@@H](O)[C@@H]1O. The van der Waals surface area contributed by atoms with Gasteiger partial charge in [-0.05, 0) is 0 Å². The minimum atomic E-state index is -1.98. The lowest BCUT2D eigenvalue weighted by Gasteiger charge is -2.48. The first-order chi connectivity index (χ1) is 20.8. The van der Waals surface area contributed by atoms with Crippen LogP contribution in [0.2, 0.25) is 0 Å². The molecule has 19 atom stereocenters. The van der Waals surface area contributed by atoms with Crippen LogP contribution in [0.25, 0.3) is 0 Å². The standard InChI is InChI=1S/C24H42O20/c25-1-7-13(31)20(6(28)4-38-7)43-24-19(37)21(44-23-18(36)16(34)12(30)9(3-27)41-23)14(32)10(42-24)5-39-22-17(35)15(33)11(29)8(2-26)40-22/h6-37H,1-5H2/t6-,7+,8+,9+,10+,11+,12+,13+,14+,15-,16-,17+,18+,19+,20+,21-,22-,23-,24-/m0/s1. The van der Waals surface area contributed by atoms with Gasteiger partial charge in [0.25, 0.3) is 0 Å². The summed E-state index contributed by atoms with van der Waals surface area (Å²) in [6.45, 7) is -3.31. The molecule has 20 heteroatoms. The lowest BCUT2D eigenvalue weighted by molar-refractivity contribution is -0.377. The van der Waals surface area contributed by atoms with Crippen molar-refractivity contribution in [3.63, 3.8) is 0 Å². The van der Waals surface area contributed by atoms with Gasteiger partial charge in [0.15, 0.2) is 18.9 Å². The molecule has 4 rings (SSSR count). The second-order valence-electron chi connectivity index (χ2n) is 11.1. The molecule has 4 aliphatic rings. The van der Waals surface area contributed by atoms with Crippen LogP contribution in [0.4, 0.5) is 0 Å². The van der Waals surface area contributed by atoms with E-state index in [0.717, 1.165) is 0 Å². The summed E-state index contributed by atoms with van der Waals surface area (Å²) in [5, 5.41) is 133. The lowest BCUT2D eigenvalue weighted by atomic mass is 9.96. The molecule has 0 aromatic heterocycles. The van der Waals surface area contributed by atoms with Crippen LogP contribution in [-0.2, 0) is 33.2 Å². The van der Waals surface area contributed by atoms with Crippen LogP contribution in [0, 0.1) is 0 Å². The van der Waals surface area contributed by atoms with Crippen LogP contribution in [0.15, 0.2) is 0 Å².